The monoisotopic (exact) mass is 447 g/mol. The number of nitrogens with zero attached hydrogens (tertiary/aromatic N) is 2. The van der Waals surface area contributed by atoms with Gasteiger partial charge >= 0.3 is 0 Å². The second-order valence-electron chi connectivity index (χ2n) is 7.61. The van der Waals surface area contributed by atoms with Crippen molar-refractivity contribution in [2.75, 3.05) is 31.9 Å². The molecule has 3 rings (SSSR count). The Morgan fingerprint density at radius 2 is 1.72 bits per heavy atom. The van der Waals surface area contributed by atoms with Crippen molar-refractivity contribution in [1.29, 1.82) is 0 Å². The summed E-state index contributed by atoms with van der Waals surface area (Å²) in [4.78, 5) is 12.6. The Labute approximate surface area is 172 Å². The molecule has 0 aromatic carbocycles. The van der Waals surface area contributed by atoms with Gasteiger partial charge in [0.1, 0.15) is 10.7 Å². The first-order valence-electron chi connectivity index (χ1n) is 10.0. The summed E-state index contributed by atoms with van der Waals surface area (Å²) in [5.41, 5.74) is 0. The zero-order valence-corrected chi connectivity index (χ0v) is 18.5. The van der Waals surface area contributed by atoms with Crippen molar-refractivity contribution in [2.45, 2.75) is 56.9 Å². The molecule has 0 saturated carbocycles. The zero-order chi connectivity index (χ0) is 21.2. The molecule has 29 heavy (non-hydrogen) atoms. The molecule has 2 fully saturated rings. The van der Waals surface area contributed by atoms with Crippen molar-refractivity contribution in [3.05, 3.63) is 17.6 Å². The van der Waals surface area contributed by atoms with E-state index in [0.717, 1.165) is 12.8 Å². The van der Waals surface area contributed by atoms with Crippen LogP contribution in [0.25, 0.3) is 0 Å². The van der Waals surface area contributed by atoms with Crippen LogP contribution in [0, 0.1) is 6.92 Å². The van der Waals surface area contributed by atoms with Gasteiger partial charge in [0, 0.05) is 38.3 Å². The fourth-order valence-corrected chi connectivity index (χ4v) is 7.04. The number of carbonyl (C=O) groups is 1. The van der Waals surface area contributed by atoms with Gasteiger partial charge in [-0.15, -0.1) is 0 Å². The van der Waals surface area contributed by atoms with Crippen molar-refractivity contribution in [3.8, 4) is 0 Å². The molecular weight excluding hydrogens is 418 g/mol. The summed E-state index contributed by atoms with van der Waals surface area (Å²) < 4.78 is 58.1. The van der Waals surface area contributed by atoms with Crippen LogP contribution >= 0.6 is 0 Å². The molecule has 9 nitrogen and oxygen atoms in total. The number of hydrogen-bond donors (Lipinski definition) is 1. The van der Waals surface area contributed by atoms with E-state index in [2.05, 4.69) is 5.32 Å². The molecule has 1 N–H and O–H groups in total. The number of aryl methyl sites for hydroxylation is 1. The van der Waals surface area contributed by atoms with E-state index in [-0.39, 0.29) is 28.2 Å². The van der Waals surface area contributed by atoms with Gasteiger partial charge in [-0.05, 0) is 39.0 Å². The number of piperidine rings is 1. The molecule has 0 spiro atoms. The molecule has 0 radical (unpaired) electrons. The van der Waals surface area contributed by atoms with E-state index in [1.807, 2.05) is 6.92 Å². The summed E-state index contributed by atoms with van der Waals surface area (Å²) in [5, 5.41) is 2.84. The number of rotatable bonds is 7. The molecule has 1 amide bonds. The van der Waals surface area contributed by atoms with Gasteiger partial charge in [0.2, 0.25) is 20.0 Å². The molecule has 3 heterocycles. The highest BCUT2D eigenvalue weighted by Gasteiger charge is 2.33. The minimum absolute atomic E-state index is 0.0324. The maximum absolute atomic E-state index is 12.7. The molecular formula is C18H29N3O6S2. The van der Waals surface area contributed by atoms with Crippen molar-refractivity contribution < 1.29 is 26.0 Å². The molecule has 1 aromatic heterocycles. The number of carbonyl (C=O) groups excluding carboxylic acids is 1. The lowest BCUT2D eigenvalue weighted by Crippen LogP contribution is -2.47. The van der Waals surface area contributed by atoms with Gasteiger partial charge in [0.15, 0.2) is 5.76 Å². The maximum Gasteiger partial charge on any atom is 0.287 e. The number of hydrogen-bond acceptors (Lipinski definition) is 6. The fraction of sp³-hybridized carbons (Fsp3) is 0.722. The van der Waals surface area contributed by atoms with Gasteiger partial charge in [-0.25, -0.2) is 21.1 Å². The average molecular weight is 448 g/mol. The van der Waals surface area contributed by atoms with Crippen LogP contribution in [0.4, 0.5) is 0 Å². The highest BCUT2D eigenvalue weighted by molar-refractivity contribution is 7.89. The largest absolute Gasteiger partial charge is 0.455 e. The Morgan fingerprint density at radius 3 is 2.31 bits per heavy atom. The van der Waals surface area contributed by atoms with E-state index in [9.17, 15) is 21.6 Å². The third kappa shape index (κ3) is 4.84. The predicted molar refractivity (Wildman–Crippen MR) is 108 cm³/mol. The van der Waals surface area contributed by atoms with E-state index in [0.29, 0.717) is 45.4 Å². The third-order valence-electron chi connectivity index (χ3n) is 5.42. The number of amides is 1. The summed E-state index contributed by atoms with van der Waals surface area (Å²) in [6, 6.07) is 1.11. The lowest BCUT2D eigenvalue weighted by Gasteiger charge is -2.31. The Morgan fingerprint density at radius 1 is 1.10 bits per heavy atom. The third-order valence-corrected chi connectivity index (χ3v) is 9.51. The second kappa shape index (κ2) is 8.75. The summed E-state index contributed by atoms with van der Waals surface area (Å²) in [7, 11) is -6.89. The molecule has 0 aliphatic carbocycles. The molecule has 0 atom stereocenters. The first kappa shape index (κ1) is 22.3. The second-order valence-corrected chi connectivity index (χ2v) is 11.6. The summed E-state index contributed by atoms with van der Waals surface area (Å²) in [6.07, 6.45) is 3.24. The van der Waals surface area contributed by atoms with E-state index >= 15 is 0 Å². The van der Waals surface area contributed by atoms with Gasteiger partial charge in [-0.3, -0.25) is 4.79 Å². The average Bonchev–Trinajstić information content (AvgIpc) is 3.32. The summed E-state index contributed by atoms with van der Waals surface area (Å²) in [5.74, 6) is -0.195. The van der Waals surface area contributed by atoms with Crippen LogP contribution in [0.2, 0.25) is 0 Å². The van der Waals surface area contributed by atoms with Crippen molar-refractivity contribution in [1.82, 2.24) is 13.9 Å². The minimum Gasteiger partial charge on any atom is -0.455 e. The Bertz CT molecular complexity index is 940. The van der Waals surface area contributed by atoms with E-state index in [1.54, 1.807) is 0 Å². The van der Waals surface area contributed by atoms with Crippen LogP contribution in [0.15, 0.2) is 15.4 Å². The number of sulfonamides is 2. The lowest BCUT2D eigenvalue weighted by molar-refractivity contribution is 0.0894. The highest BCUT2D eigenvalue weighted by atomic mass is 32.2. The molecule has 0 bridgehead atoms. The SMILES string of the molecule is CCCS(=O)(=O)N1CCC(NC(=O)c2cc(S(=O)(=O)N3CCCC3)c(C)o2)CC1. The highest BCUT2D eigenvalue weighted by Crippen LogP contribution is 2.26. The van der Waals surface area contributed by atoms with Crippen LogP contribution < -0.4 is 5.32 Å². The van der Waals surface area contributed by atoms with Gasteiger partial charge < -0.3 is 9.73 Å². The minimum atomic E-state index is -3.66. The zero-order valence-electron chi connectivity index (χ0n) is 16.9. The quantitative estimate of drug-likeness (QED) is 0.673. The van der Waals surface area contributed by atoms with Gasteiger partial charge in [-0.1, -0.05) is 6.92 Å². The first-order chi connectivity index (χ1) is 13.6. The number of nitrogens with one attached hydrogen (secondary N) is 1. The maximum atomic E-state index is 12.7. The Hall–Kier alpha value is -1.43. The summed E-state index contributed by atoms with van der Waals surface area (Å²) in [6.45, 7) is 5.05. The van der Waals surface area contributed by atoms with E-state index in [1.165, 1.54) is 21.6 Å². The van der Waals surface area contributed by atoms with Crippen molar-refractivity contribution in [3.63, 3.8) is 0 Å². The predicted octanol–water partition coefficient (Wildman–Crippen LogP) is 1.31. The first-order valence-corrected chi connectivity index (χ1v) is 13.1. The molecule has 164 valence electrons. The van der Waals surface area contributed by atoms with Crippen molar-refractivity contribution in [2.24, 2.45) is 0 Å². The van der Waals surface area contributed by atoms with Crippen LogP contribution in [-0.4, -0.2) is 69.3 Å². The lowest BCUT2D eigenvalue weighted by atomic mass is 10.1. The van der Waals surface area contributed by atoms with E-state index in [4.69, 9.17) is 4.42 Å². The van der Waals surface area contributed by atoms with E-state index < -0.39 is 26.0 Å². The van der Waals surface area contributed by atoms with Crippen molar-refractivity contribution >= 4 is 26.0 Å². The Balaban J connectivity index is 1.62. The van der Waals surface area contributed by atoms with Crippen LogP contribution in [-0.2, 0) is 20.0 Å². The van der Waals surface area contributed by atoms with Gasteiger partial charge in [0.25, 0.3) is 5.91 Å². The summed E-state index contributed by atoms with van der Waals surface area (Å²) >= 11 is 0. The van der Waals surface area contributed by atoms with Gasteiger partial charge in [-0.2, -0.15) is 4.31 Å². The molecule has 2 saturated heterocycles. The molecule has 0 unspecified atom stereocenters. The van der Waals surface area contributed by atoms with Crippen LogP contribution in [0.5, 0.6) is 0 Å². The smallest absolute Gasteiger partial charge is 0.287 e. The molecule has 2 aliphatic rings. The fourth-order valence-electron chi connectivity index (χ4n) is 3.82. The van der Waals surface area contributed by atoms with Crippen LogP contribution in [0.3, 0.4) is 0 Å². The topological polar surface area (TPSA) is 117 Å². The standard InChI is InChI=1S/C18H29N3O6S2/c1-3-12-28(23,24)20-10-6-15(7-11-20)19-18(22)16-13-17(14(2)27-16)29(25,26)21-8-4-5-9-21/h13,15H,3-12H2,1-2H3,(H,19,22). The van der Waals surface area contributed by atoms with Crippen LogP contribution in [0.1, 0.15) is 55.3 Å². The Kier molecular flexibility index (Phi) is 6.71. The molecule has 11 heteroatoms. The molecule has 2 aliphatic heterocycles. The molecule has 1 aromatic rings. The number of furan rings is 1. The normalized spacial score (nSPS) is 20.2. The van der Waals surface area contributed by atoms with Gasteiger partial charge in [0.05, 0.1) is 5.75 Å².